The van der Waals surface area contributed by atoms with E-state index in [0.29, 0.717) is 16.8 Å². The quantitative estimate of drug-likeness (QED) is 0.781. The molecule has 2 aromatic heterocycles. The Bertz CT molecular complexity index is 812. The van der Waals surface area contributed by atoms with Crippen LogP contribution in [0.2, 0.25) is 0 Å². The normalized spacial score (nSPS) is 11.3. The van der Waals surface area contributed by atoms with Crippen molar-refractivity contribution >= 4 is 5.91 Å². The van der Waals surface area contributed by atoms with Gasteiger partial charge in [-0.3, -0.25) is 14.8 Å². The zero-order valence-corrected chi connectivity index (χ0v) is 17.2. The summed E-state index contributed by atoms with van der Waals surface area (Å²) in [6.45, 7) is 8.08. The lowest BCUT2D eigenvalue weighted by Crippen LogP contribution is -2.26. The number of nitrogens with two attached hydrogens (primary N) is 1. The molecule has 6 nitrogen and oxygen atoms in total. The molecule has 0 aromatic carbocycles. The van der Waals surface area contributed by atoms with Gasteiger partial charge in [0.2, 0.25) is 0 Å². The van der Waals surface area contributed by atoms with Crippen molar-refractivity contribution in [2.24, 2.45) is 5.73 Å². The van der Waals surface area contributed by atoms with Gasteiger partial charge in [0.15, 0.2) is 6.61 Å². The molecule has 0 aliphatic rings. The van der Waals surface area contributed by atoms with Crippen LogP contribution >= 0.6 is 0 Å². The predicted octanol–water partition coefficient (Wildman–Crippen LogP) is 3.71. The zero-order chi connectivity index (χ0) is 22.2. The number of aromatic nitrogens is 2. The standard InChI is InChI=1S/C16H16F3N3O2.C4H11N/c1-10-5-13(21-8-14(10)24-9-16(17,18)19)7-22-15(23)12-3-4-20-11(2)6-12;1-4(2,3)5/h3-6,8H,7,9H2,1-2H3,(H,22,23);5H2,1-3H3. The van der Waals surface area contributed by atoms with Crippen LogP contribution in [0.1, 0.15) is 48.1 Å². The van der Waals surface area contributed by atoms with Gasteiger partial charge in [0.1, 0.15) is 5.75 Å². The largest absolute Gasteiger partial charge is 0.482 e. The lowest BCUT2D eigenvalue weighted by molar-refractivity contribution is -0.153. The summed E-state index contributed by atoms with van der Waals surface area (Å²) < 4.78 is 41.1. The van der Waals surface area contributed by atoms with E-state index in [-0.39, 0.29) is 23.7 Å². The van der Waals surface area contributed by atoms with Crippen molar-refractivity contribution in [3.8, 4) is 5.75 Å². The average molecular weight is 412 g/mol. The third-order valence-electron chi connectivity index (χ3n) is 3.10. The number of hydrogen-bond acceptors (Lipinski definition) is 5. The maximum absolute atomic E-state index is 12.2. The maximum Gasteiger partial charge on any atom is 0.422 e. The van der Waals surface area contributed by atoms with E-state index in [2.05, 4.69) is 20.0 Å². The number of ether oxygens (including phenoxy) is 1. The average Bonchev–Trinajstić information content (AvgIpc) is 2.56. The number of pyridine rings is 2. The van der Waals surface area contributed by atoms with Gasteiger partial charge >= 0.3 is 6.18 Å². The summed E-state index contributed by atoms with van der Waals surface area (Å²) in [5.41, 5.74) is 7.59. The van der Waals surface area contributed by atoms with Gasteiger partial charge in [-0.25, -0.2) is 0 Å². The zero-order valence-electron chi connectivity index (χ0n) is 17.2. The minimum atomic E-state index is -4.40. The van der Waals surface area contributed by atoms with E-state index in [4.69, 9.17) is 5.73 Å². The number of nitrogens with zero attached hydrogens (tertiary/aromatic N) is 2. The van der Waals surface area contributed by atoms with Crippen LogP contribution < -0.4 is 15.8 Å². The SMILES string of the molecule is CC(C)(C)N.Cc1cc(C(=O)NCc2cc(C)c(OCC(F)(F)F)cn2)ccn1. The Labute approximate surface area is 168 Å². The Kier molecular flexibility index (Phi) is 8.57. The van der Waals surface area contributed by atoms with Crippen molar-refractivity contribution in [2.75, 3.05) is 6.61 Å². The number of aryl methyl sites for hydroxylation is 2. The van der Waals surface area contributed by atoms with Crippen molar-refractivity contribution in [1.82, 2.24) is 15.3 Å². The number of rotatable bonds is 5. The molecule has 0 aliphatic carbocycles. The highest BCUT2D eigenvalue weighted by Gasteiger charge is 2.28. The van der Waals surface area contributed by atoms with E-state index in [1.54, 1.807) is 38.2 Å². The Morgan fingerprint density at radius 2 is 1.79 bits per heavy atom. The smallest absolute Gasteiger partial charge is 0.422 e. The number of carbonyl (C=O) groups excluding carboxylic acids is 1. The molecule has 0 bridgehead atoms. The molecule has 0 fully saturated rings. The summed E-state index contributed by atoms with van der Waals surface area (Å²) in [6.07, 6.45) is -1.64. The van der Waals surface area contributed by atoms with Crippen molar-refractivity contribution < 1.29 is 22.7 Å². The van der Waals surface area contributed by atoms with Gasteiger partial charge in [-0.15, -0.1) is 0 Å². The van der Waals surface area contributed by atoms with Gasteiger partial charge in [-0.2, -0.15) is 13.2 Å². The summed E-state index contributed by atoms with van der Waals surface area (Å²) in [6, 6.07) is 4.82. The molecule has 2 heterocycles. The number of nitrogens with one attached hydrogen (secondary N) is 1. The molecule has 0 saturated heterocycles. The van der Waals surface area contributed by atoms with Crippen LogP contribution in [0.15, 0.2) is 30.6 Å². The fourth-order valence-electron chi connectivity index (χ4n) is 1.97. The first kappa shape index (κ1) is 24.4. The van der Waals surface area contributed by atoms with Crippen LogP contribution in [0.4, 0.5) is 13.2 Å². The van der Waals surface area contributed by atoms with E-state index < -0.39 is 12.8 Å². The minimum absolute atomic E-state index is 0. The predicted molar refractivity (Wildman–Crippen MR) is 105 cm³/mol. The van der Waals surface area contributed by atoms with Crippen LogP contribution in [0.25, 0.3) is 0 Å². The highest BCUT2D eigenvalue weighted by atomic mass is 19.4. The second-order valence-corrected chi connectivity index (χ2v) is 7.58. The fourth-order valence-corrected chi connectivity index (χ4v) is 1.97. The van der Waals surface area contributed by atoms with Gasteiger partial charge in [0.25, 0.3) is 5.91 Å². The van der Waals surface area contributed by atoms with E-state index in [0.717, 1.165) is 5.69 Å². The summed E-state index contributed by atoms with van der Waals surface area (Å²) in [7, 11) is 0. The molecule has 0 atom stereocenters. The Hall–Kier alpha value is -2.68. The maximum atomic E-state index is 12.2. The van der Waals surface area contributed by atoms with Crippen molar-refractivity contribution in [3.63, 3.8) is 0 Å². The molecule has 0 aliphatic heterocycles. The second-order valence-electron chi connectivity index (χ2n) is 7.58. The highest BCUT2D eigenvalue weighted by Crippen LogP contribution is 2.21. The van der Waals surface area contributed by atoms with E-state index >= 15 is 0 Å². The number of hydrogen-bond donors (Lipinski definition) is 2. The lowest BCUT2D eigenvalue weighted by Gasteiger charge is -2.12. The molecule has 0 spiro atoms. The molecule has 0 saturated carbocycles. The van der Waals surface area contributed by atoms with Crippen molar-refractivity contribution in [2.45, 2.75) is 52.9 Å². The van der Waals surface area contributed by atoms with Crippen LogP contribution in [0.5, 0.6) is 5.75 Å². The Morgan fingerprint density at radius 3 is 2.31 bits per heavy atom. The molecule has 2 aromatic rings. The number of amides is 1. The molecule has 9 heteroatoms. The Morgan fingerprint density at radius 1 is 1.17 bits per heavy atom. The lowest BCUT2D eigenvalue weighted by atomic mass is 10.1. The second kappa shape index (κ2) is 10.2. The van der Waals surface area contributed by atoms with Gasteiger partial charge in [-0.05, 0) is 58.4 Å². The third-order valence-corrected chi connectivity index (χ3v) is 3.10. The molecule has 160 valence electrons. The van der Waals surface area contributed by atoms with Gasteiger partial charge < -0.3 is 15.8 Å². The molecular weight excluding hydrogens is 385 g/mol. The first-order valence-electron chi connectivity index (χ1n) is 8.89. The van der Waals surface area contributed by atoms with Crippen molar-refractivity contribution in [1.29, 1.82) is 0 Å². The summed E-state index contributed by atoms with van der Waals surface area (Å²) in [5.74, 6) is -0.218. The summed E-state index contributed by atoms with van der Waals surface area (Å²) in [5, 5.41) is 2.70. The fraction of sp³-hybridized carbons (Fsp3) is 0.450. The first-order valence-corrected chi connectivity index (χ1v) is 8.89. The summed E-state index contributed by atoms with van der Waals surface area (Å²) >= 11 is 0. The number of carbonyl (C=O) groups is 1. The molecule has 3 N–H and O–H groups in total. The molecular formula is C20H27F3N4O2. The molecule has 1 amide bonds. The first-order chi connectivity index (χ1) is 13.2. The van der Waals surface area contributed by atoms with Gasteiger partial charge in [0.05, 0.1) is 18.4 Å². The van der Waals surface area contributed by atoms with Crippen LogP contribution in [-0.2, 0) is 6.54 Å². The monoisotopic (exact) mass is 412 g/mol. The van der Waals surface area contributed by atoms with Gasteiger partial charge in [-0.1, -0.05) is 0 Å². The van der Waals surface area contributed by atoms with Crippen LogP contribution in [0, 0.1) is 13.8 Å². The molecule has 0 unspecified atom stereocenters. The van der Waals surface area contributed by atoms with Crippen LogP contribution in [0.3, 0.4) is 0 Å². The molecule has 0 radical (unpaired) electrons. The van der Waals surface area contributed by atoms with Crippen molar-refractivity contribution in [3.05, 3.63) is 53.1 Å². The van der Waals surface area contributed by atoms with Crippen LogP contribution in [-0.4, -0.2) is 34.2 Å². The highest BCUT2D eigenvalue weighted by molar-refractivity contribution is 5.94. The van der Waals surface area contributed by atoms with E-state index in [1.807, 2.05) is 20.8 Å². The third kappa shape index (κ3) is 11.0. The molecule has 29 heavy (non-hydrogen) atoms. The number of alkyl halides is 3. The minimum Gasteiger partial charge on any atom is -0.482 e. The molecule has 2 rings (SSSR count). The van der Waals surface area contributed by atoms with Gasteiger partial charge in [0, 0.05) is 23.0 Å². The van der Waals surface area contributed by atoms with E-state index in [1.165, 1.54) is 6.20 Å². The topological polar surface area (TPSA) is 90.1 Å². The van der Waals surface area contributed by atoms with E-state index in [9.17, 15) is 18.0 Å². The number of halogens is 3. The summed E-state index contributed by atoms with van der Waals surface area (Å²) in [4.78, 5) is 20.0. The Balaban J connectivity index is 0.000000749.